The molecule has 0 saturated carbocycles. The van der Waals surface area contributed by atoms with Gasteiger partial charge in [-0.1, -0.05) is 0 Å². The van der Waals surface area contributed by atoms with Gasteiger partial charge in [0.25, 0.3) is 0 Å². The quantitative estimate of drug-likeness (QED) is 0.626. The predicted molar refractivity (Wildman–Crippen MR) is 112 cm³/mol. The number of aromatic nitrogens is 3. The molecule has 174 valence electrons. The number of hydrogen-bond donors (Lipinski definition) is 1. The molecule has 3 aromatic rings. The topological polar surface area (TPSA) is 92.1 Å². The maximum absolute atomic E-state index is 12.7. The monoisotopic (exact) mass is 462 g/mol. The number of benzene rings is 1. The van der Waals surface area contributed by atoms with Gasteiger partial charge in [-0.05, 0) is 24.3 Å². The molecule has 2 amide bonds. The third kappa shape index (κ3) is 5.16. The van der Waals surface area contributed by atoms with Gasteiger partial charge in [-0.15, -0.1) is 13.2 Å². The second-order valence-corrected chi connectivity index (χ2v) is 7.43. The Bertz CT molecular complexity index is 1150. The molecule has 0 unspecified atom stereocenters. The van der Waals surface area contributed by atoms with E-state index in [1.807, 2.05) is 0 Å². The molecule has 33 heavy (non-hydrogen) atoms. The summed E-state index contributed by atoms with van der Waals surface area (Å²) in [7, 11) is 0. The molecule has 12 heteroatoms. The summed E-state index contributed by atoms with van der Waals surface area (Å²) >= 11 is 0. The van der Waals surface area contributed by atoms with E-state index in [2.05, 4.69) is 20.0 Å². The molecule has 0 bridgehead atoms. The number of carbonyl (C=O) groups is 2. The van der Waals surface area contributed by atoms with Crippen molar-refractivity contribution in [2.75, 3.05) is 38.0 Å². The van der Waals surface area contributed by atoms with E-state index in [0.29, 0.717) is 48.9 Å². The van der Waals surface area contributed by atoms with Crippen molar-refractivity contribution < 1.29 is 27.5 Å². The minimum absolute atomic E-state index is 0.0154. The van der Waals surface area contributed by atoms with Gasteiger partial charge in [0.15, 0.2) is 5.65 Å². The van der Waals surface area contributed by atoms with Gasteiger partial charge >= 0.3 is 6.36 Å². The summed E-state index contributed by atoms with van der Waals surface area (Å²) in [6.07, 6.45) is -0.00398. The largest absolute Gasteiger partial charge is 0.573 e. The second-order valence-electron chi connectivity index (χ2n) is 7.43. The number of fused-ring (bicyclic) bond motifs is 1. The normalized spacial score (nSPS) is 14.4. The van der Waals surface area contributed by atoms with Crippen LogP contribution in [0.4, 0.5) is 19.0 Å². The third-order valence-electron chi connectivity index (χ3n) is 5.28. The van der Waals surface area contributed by atoms with Crippen molar-refractivity contribution in [2.24, 2.45) is 0 Å². The number of halogens is 3. The van der Waals surface area contributed by atoms with Gasteiger partial charge in [0.05, 0.1) is 12.7 Å². The number of imidazole rings is 1. The molecule has 3 heterocycles. The maximum atomic E-state index is 12.7. The van der Waals surface area contributed by atoms with Crippen LogP contribution in [0.3, 0.4) is 0 Å². The first kappa shape index (κ1) is 22.4. The van der Waals surface area contributed by atoms with Gasteiger partial charge in [-0.2, -0.15) is 0 Å². The molecule has 1 aliphatic rings. The highest BCUT2D eigenvalue weighted by Crippen LogP contribution is 2.31. The summed E-state index contributed by atoms with van der Waals surface area (Å²) in [6, 6.07) is 5.33. The Morgan fingerprint density at radius 1 is 1.09 bits per heavy atom. The maximum Gasteiger partial charge on any atom is 0.573 e. The van der Waals surface area contributed by atoms with Crippen molar-refractivity contribution in [1.82, 2.24) is 24.2 Å². The van der Waals surface area contributed by atoms with Crippen molar-refractivity contribution in [3.8, 4) is 17.0 Å². The number of amides is 2. The third-order valence-corrected chi connectivity index (χ3v) is 5.28. The SMILES string of the molecule is CC(=O)N1CCN(C(=O)CNc2c(-c3ccc(OC(F)(F)F)cc3)nc3cnccn23)CC1. The fourth-order valence-corrected chi connectivity index (χ4v) is 3.63. The lowest BCUT2D eigenvalue weighted by Gasteiger charge is -2.34. The zero-order valence-corrected chi connectivity index (χ0v) is 17.7. The molecule has 0 spiro atoms. The Labute approximate surface area is 186 Å². The first-order valence-corrected chi connectivity index (χ1v) is 10.2. The first-order valence-electron chi connectivity index (χ1n) is 10.2. The summed E-state index contributed by atoms with van der Waals surface area (Å²) in [5, 5.41) is 3.11. The van der Waals surface area contributed by atoms with E-state index >= 15 is 0 Å². The summed E-state index contributed by atoms with van der Waals surface area (Å²) < 4.78 is 43.0. The van der Waals surface area contributed by atoms with Crippen molar-refractivity contribution in [3.63, 3.8) is 0 Å². The molecule has 0 radical (unpaired) electrons. The Kier molecular flexibility index (Phi) is 6.07. The van der Waals surface area contributed by atoms with Crippen LogP contribution in [0.15, 0.2) is 42.9 Å². The van der Waals surface area contributed by atoms with Crippen LogP contribution in [0.5, 0.6) is 5.75 Å². The van der Waals surface area contributed by atoms with Crippen LogP contribution in [-0.2, 0) is 9.59 Å². The number of anilines is 1. The molecule has 1 aliphatic heterocycles. The lowest BCUT2D eigenvalue weighted by Crippen LogP contribution is -2.51. The van der Waals surface area contributed by atoms with Crippen molar-refractivity contribution in [3.05, 3.63) is 42.9 Å². The van der Waals surface area contributed by atoms with Crippen LogP contribution < -0.4 is 10.1 Å². The summed E-state index contributed by atoms with van der Waals surface area (Å²) in [4.78, 5) is 36.1. The van der Waals surface area contributed by atoms with Crippen LogP contribution >= 0.6 is 0 Å². The smallest absolute Gasteiger partial charge is 0.406 e. The standard InChI is InChI=1S/C21H21F3N6O3/c1-14(31)28-8-10-29(11-9-28)18(32)13-26-20-19(27-17-12-25-6-7-30(17)20)15-2-4-16(5-3-15)33-21(22,23)24/h2-7,12,26H,8-11,13H2,1H3. The van der Waals surface area contributed by atoms with Crippen LogP contribution in [0.1, 0.15) is 6.92 Å². The lowest BCUT2D eigenvalue weighted by atomic mass is 10.1. The molecule has 1 aromatic carbocycles. The molecule has 9 nitrogen and oxygen atoms in total. The molecule has 4 rings (SSSR count). The highest BCUT2D eigenvalue weighted by atomic mass is 19.4. The number of hydrogen-bond acceptors (Lipinski definition) is 6. The lowest BCUT2D eigenvalue weighted by molar-refractivity contribution is -0.274. The molecular formula is C21H21F3N6O3. The average molecular weight is 462 g/mol. The van der Waals surface area contributed by atoms with Crippen LogP contribution in [0, 0.1) is 0 Å². The van der Waals surface area contributed by atoms with E-state index in [0.717, 1.165) is 0 Å². The molecule has 1 N–H and O–H groups in total. The molecular weight excluding hydrogens is 441 g/mol. The fraction of sp³-hybridized carbons (Fsp3) is 0.333. The van der Waals surface area contributed by atoms with Crippen LogP contribution in [-0.4, -0.2) is 75.1 Å². The molecule has 0 aliphatic carbocycles. The van der Waals surface area contributed by atoms with E-state index in [4.69, 9.17) is 0 Å². The van der Waals surface area contributed by atoms with E-state index in [-0.39, 0.29) is 24.1 Å². The van der Waals surface area contributed by atoms with Gasteiger partial charge in [-0.3, -0.25) is 19.0 Å². The Balaban J connectivity index is 1.52. The number of piperazine rings is 1. The van der Waals surface area contributed by atoms with Crippen LogP contribution in [0.25, 0.3) is 16.9 Å². The van der Waals surface area contributed by atoms with Gasteiger partial charge in [-0.25, -0.2) is 4.98 Å². The fourth-order valence-electron chi connectivity index (χ4n) is 3.63. The number of carbonyl (C=O) groups excluding carboxylic acids is 2. The van der Waals surface area contributed by atoms with Gasteiger partial charge < -0.3 is 19.9 Å². The molecule has 2 aromatic heterocycles. The zero-order chi connectivity index (χ0) is 23.6. The number of ether oxygens (including phenoxy) is 1. The Hall–Kier alpha value is -3.83. The van der Waals surface area contributed by atoms with E-state index in [1.54, 1.807) is 32.8 Å². The number of nitrogens with zero attached hydrogens (tertiary/aromatic N) is 5. The molecule has 0 atom stereocenters. The van der Waals surface area contributed by atoms with Crippen molar-refractivity contribution >= 4 is 23.3 Å². The minimum atomic E-state index is -4.78. The summed E-state index contributed by atoms with van der Waals surface area (Å²) in [5.74, 6) is 0.0108. The first-order chi connectivity index (χ1) is 15.7. The molecule has 1 saturated heterocycles. The minimum Gasteiger partial charge on any atom is -0.406 e. The van der Waals surface area contributed by atoms with Gasteiger partial charge in [0, 0.05) is 51.1 Å². The van der Waals surface area contributed by atoms with Gasteiger partial charge in [0.1, 0.15) is 17.3 Å². The highest BCUT2D eigenvalue weighted by Gasteiger charge is 2.31. The van der Waals surface area contributed by atoms with Crippen LogP contribution in [0.2, 0.25) is 0 Å². The molecule has 1 fully saturated rings. The number of nitrogens with one attached hydrogen (secondary N) is 1. The van der Waals surface area contributed by atoms with Gasteiger partial charge in [0.2, 0.25) is 11.8 Å². The van der Waals surface area contributed by atoms with Crippen molar-refractivity contribution in [2.45, 2.75) is 13.3 Å². The van der Waals surface area contributed by atoms with E-state index in [1.165, 1.54) is 31.2 Å². The number of rotatable bonds is 5. The zero-order valence-electron chi connectivity index (χ0n) is 17.7. The van der Waals surface area contributed by atoms with E-state index in [9.17, 15) is 22.8 Å². The average Bonchev–Trinajstić information content (AvgIpc) is 3.15. The van der Waals surface area contributed by atoms with E-state index < -0.39 is 6.36 Å². The predicted octanol–water partition coefficient (Wildman–Crippen LogP) is 2.40. The summed E-state index contributed by atoms with van der Waals surface area (Å²) in [6.45, 7) is 3.36. The Morgan fingerprint density at radius 3 is 2.39 bits per heavy atom. The summed E-state index contributed by atoms with van der Waals surface area (Å²) in [5.41, 5.74) is 1.50. The van der Waals surface area contributed by atoms with Crippen molar-refractivity contribution in [1.29, 1.82) is 0 Å². The second kappa shape index (κ2) is 8.96. The Morgan fingerprint density at radius 2 is 1.76 bits per heavy atom. The highest BCUT2D eigenvalue weighted by molar-refractivity contribution is 5.84. The number of alkyl halides is 3.